The number of ether oxygens (including phenoxy) is 2. The van der Waals surface area contributed by atoms with Crippen LogP contribution >= 0.6 is 11.8 Å². The topological polar surface area (TPSA) is 76.7 Å². The van der Waals surface area contributed by atoms with Crippen LogP contribution in [0, 0.1) is 0 Å². The monoisotopic (exact) mass is 320 g/mol. The van der Waals surface area contributed by atoms with Gasteiger partial charge in [0.1, 0.15) is 5.60 Å². The summed E-state index contributed by atoms with van der Waals surface area (Å²) in [7, 11) is 0. The van der Waals surface area contributed by atoms with Crippen LogP contribution in [0.5, 0.6) is 0 Å². The van der Waals surface area contributed by atoms with Crippen molar-refractivity contribution in [2.75, 3.05) is 38.3 Å². The van der Waals surface area contributed by atoms with Crippen molar-refractivity contribution in [1.82, 2.24) is 10.6 Å². The standard InChI is InChI=1S/C14H28N2O4S/c1-14(2,3)20-13(18)16-8-6-10-19-9-5-7-15-12(17)11-21-4/h5-11H2,1-4H3,(H,15,17)(H,16,18). The SMILES string of the molecule is CSCC(=O)NCCCOCCCNC(=O)OC(C)(C)C. The number of hydrogen-bond acceptors (Lipinski definition) is 5. The van der Waals surface area contributed by atoms with Crippen molar-refractivity contribution in [2.45, 2.75) is 39.2 Å². The Morgan fingerprint density at radius 2 is 1.62 bits per heavy atom. The number of thioether (sulfide) groups is 1. The highest BCUT2D eigenvalue weighted by molar-refractivity contribution is 7.99. The van der Waals surface area contributed by atoms with E-state index in [1.807, 2.05) is 27.0 Å². The second-order valence-corrected chi connectivity index (χ2v) is 6.40. The summed E-state index contributed by atoms with van der Waals surface area (Å²) < 4.78 is 10.5. The molecule has 0 aliphatic heterocycles. The molecule has 0 bridgehead atoms. The van der Waals surface area contributed by atoms with E-state index in [1.54, 1.807) is 0 Å². The van der Waals surface area contributed by atoms with E-state index in [-0.39, 0.29) is 5.91 Å². The van der Waals surface area contributed by atoms with Crippen LogP contribution in [0.25, 0.3) is 0 Å². The van der Waals surface area contributed by atoms with Gasteiger partial charge in [-0.2, -0.15) is 11.8 Å². The Morgan fingerprint density at radius 1 is 1.05 bits per heavy atom. The van der Waals surface area contributed by atoms with Crippen LogP contribution < -0.4 is 10.6 Å². The molecule has 0 aliphatic carbocycles. The third kappa shape index (κ3) is 15.3. The van der Waals surface area contributed by atoms with E-state index in [9.17, 15) is 9.59 Å². The van der Waals surface area contributed by atoms with Gasteiger partial charge < -0.3 is 20.1 Å². The third-order valence-electron chi connectivity index (χ3n) is 2.20. The fourth-order valence-corrected chi connectivity index (χ4v) is 1.73. The zero-order chi connectivity index (χ0) is 16.1. The predicted octanol–water partition coefficient (Wildman–Crippen LogP) is 1.79. The van der Waals surface area contributed by atoms with Crippen molar-refractivity contribution in [2.24, 2.45) is 0 Å². The Hall–Kier alpha value is -0.950. The Labute approximate surface area is 131 Å². The third-order valence-corrected chi connectivity index (χ3v) is 2.75. The molecule has 0 unspecified atom stereocenters. The summed E-state index contributed by atoms with van der Waals surface area (Å²) in [5.74, 6) is 0.557. The lowest BCUT2D eigenvalue weighted by Gasteiger charge is -2.19. The smallest absolute Gasteiger partial charge is 0.407 e. The quantitative estimate of drug-likeness (QED) is 0.600. The molecule has 0 heterocycles. The fourth-order valence-electron chi connectivity index (χ4n) is 1.37. The van der Waals surface area contributed by atoms with E-state index in [2.05, 4.69) is 10.6 Å². The number of hydrogen-bond donors (Lipinski definition) is 2. The van der Waals surface area contributed by atoms with Crippen molar-refractivity contribution in [1.29, 1.82) is 0 Å². The van der Waals surface area contributed by atoms with Gasteiger partial charge in [0.25, 0.3) is 0 Å². The summed E-state index contributed by atoms with van der Waals surface area (Å²) in [6.07, 6.45) is 3.02. The van der Waals surface area contributed by atoms with Crippen molar-refractivity contribution in [3.8, 4) is 0 Å². The lowest BCUT2D eigenvalue weighted by molar-refractivity contribution is -0.118. The lowest BCUT2D eigenvalue weighted by atomic mass is 10.2. The van der Waals surface area contributed by atoms with Crippen LogP contribution in [0.4, 0.5) is 4.79 Å². The van der Waals surface area contributed by atoms with Gasteiger partial charge in [0.2, 0.25) is 5.91 Å². The Morgan fingerprint density at radius 3 is 2.14 bits per heavy atom. The van der Waals surface area contributed by atoms with Crippen LogP contribution in [-0.2, 0) is 14.3 Å². The van der Waals surface area contributed by atoms with Crippen molar-refractivity contribution >= 4 is 23.8 Å². The molecule has 124 valence electrons. The summed E-state index contributed by atoms with van der Waals surface area (Å²) in [4.78, 5) is 22.5. The number of rotatable bonds is 10. The molecule has 7 heteroatoms. The van der Waals surface area contributed by atoms with E-state index in [0.29, 0.717) is 32.1 Å². The molecule has 0 spiro atoms. The number of carbonyl (C=O) groups is 2. The van der Waals surface area contributed by atoms with E-state index in [1.165, 1.54) is 11.8 Å². The Bertz CT molecular complexity index is 306. The van der Waals surface area contributed by atoms with Crippen LogP contribution in [0.2, 0.25) is 0 Å². The normalized spacial score (nSPS) is 11.0. The van der Waals surface area contributed by atoms with Gasteiger partial charge in [-0.05, 0) is 39.9 Å². The lowest BCUT2D eigenvalue weighted by Crippen LogP contribution is -2.33. The van der Waals surface area contributed by atoms with Crippen LogP contribution in [0.15, 0.2) is 0 Å². The average Bonchev–Trinajstić information content (AvgIpc) is 2.35. The molecule has 0 rings (SSSR count). The Kier molecular flexibility index (Phi) is 11.2. The van der Waals surface area contributed by atoms with E-state index < -0.39 is 11.7 Å². The molecule has 0 saturated heterocycles. The maximum Gasteiger partial charge on any atom is 0.407 e. The summed E-state index contributed by atoms with van der Waals surface area (Å²) in [5.41, 5.74) is -0.471. The van der Waals surface area contributed by atoms with E-state index in [4.69, 9.17) is 9.47 Å². The molecule has 0 aromatic heterocycles. The molecule has 0 aliphatic rings. The summed E-state index contributed by atoms with van der Waals surface area (Å²) in [5, 5.41) is 5.48. The van der Waals surface area contributed by atoms with Gasteiger partial charge in [0.05, 0.1) is 5.75 Å². The molecule has 21 heavy (non-hydrogen) atoms. The molecule has 6 nitrogen and oxygen atoms in total. The largest absolute Gasteiger partial charge is 0.444 e. The molecular formula is C14H28N2O4S. The van der Waals surface area contributed by atoms with Gasteiger partial charge in [0.15, 0.2) is 0 Å². The highest BCUT2D eigenvalue weighted by atomic mass is 32.2. The van der Waals surface area contributed by atoms with Gasteiger partial charge >= 0.3 is 6.09 Å². The van der Waals surface area contributed by atoms with E-state index >= 15 is 0 Å². The fraction of sp³-hybridized carbons (Fsp3) is 0.857. The zero-order valence-electron chi connectivity index (χ0n) is 13.5. The molecule has 0 aromatic carbocycles. The molecule has 0 saturated carbocycles. The highest BCUT2D eigenvalue weighted by Gasteiger charge is 2.15. The second kappa shape index (κ2) is 11.7. The number of amides is 2. The van der Waals surface area contributed by atoms with Crippen molar-refractivity contribution < 1.29 is 19.1 Å². The molecule has 0 radical (unpaired) electrons. The predicted molar refractivity (Wildman–Crippen MR) is 85.7 cm³/mol. The maximum atomic E-state index is 11.3. The van der Waals surface area contributed by atoms with E-state index in [0.717, 1.165) is 12.8 Å². The minimum Gasteiger partial charge on any atom is -0.444 e. The van der Waals surface area contributed by atoms with Crippen LogP contribution in [0.3, 0.4) is 0 Å². The second-order valence-electron chi connectivity index (χ2n) is 5.53. The Balaban J connectivity index is 3.30. The van der Waals surface area contributed by atoms with Gasteiger partial charge in [-0.3, -0.25) is 4.79 Å². The van der Waals surface area contributed by atoms with Gasteiger partial charge in [-0.25, -0.2) is 4.79 Å². The molecule has 0 fully saturated rings. The highest BCUT2D eigenvalue weighted by Crippen LogP contribution is 2.06. The number of nitrogens with one attached hydrogen (secondary N) is 2. The van der Waals surface area contributed by atoms with Crippen LogP contribution in [0.1, 0.15) is 33.6 Å². The zero-order valence-corrected chi connectivity index (χ0v) is 14.3. The van der Waals surface area contributed by atoms with Crippen LogP contribution in [-0.4, -0.2) is 55.9 Å². The molecule has 2 N–H and O–H groups in total. The van der Waals surface area contributed by atoms with Crippen molar-refractivity contribution in [3.63, 3.8) is 0 Å². The molecule has 2 amide bonds. The molecule has 0 aromatic rings. The van der Waals surface area contributed by atoms with Crippen molar-refractivity contribution in [3.05, 3.63) is 0 Å². The first-order valence-corrected chi connectivity index (χ1v) is 8.55. The first kappa shape index (κ1) is 20.1. The summed E-state index contributed by atoms with van der Waals surface area (Å²) in [6.45, 7) is 7.82. The minimum atomic E-state index is -0.471. The summed E-state index contributed by atoms with van der Waals surface area (Å²) >= 11 is 1.50. The van der Waals surface area contributed by atoms with Gasteiger partial charge in [-0.15, -0.1) is 0 Å². The first-order chi connectivity index (χ1) is 9.85. The molecular weight excluding hydrogens is 292 g/mol. The van der Waals surface area contributed by atoms with Gasteiger partial charge in [0, 0.05) is 26.3 Å². The minimum absolute atomic E-state index is 0.0593. The van der Waals surface area contributed by atoms with Gasteiger partial charge in [-0.1, -0.05) is 0 Å². The average molecular weight is 320 g/mol. The number of alkyl carbamates (subject to hydrolysis) is 1. The first-order valence-electron chi connectivity index (χ1n) is 7.15. The maximum absolute atomic E-state index is 11.3. The molecule has 0 atom stereocenters. The summed E-state index contributed by atoms with van der Waals surface area (Å²) in [6, 6.07) is 0. The number of carbonyl (C=O) groups excluding carboxylic acids is 2.